The van der Waals surface area contributed by atoms with Crippen molar-refractivity contribution in [3.8, 4) is 0 Å². The molecule has 0 aliphatic rings. The standard InChI is InChI=1S/C19H19NO2S/c1-15(2)20(18-10-4-3-5-11-18)23(21,22)19-13-12-16-8-6-7-9-17(16)14-19/h3-15H,1-2H3. The highest BCUT2D eigenvalue weighted by Gasteiger charge is 2.27. The Kier molecular flexibility index (Phi) is 4.09. The van der Waals surface area contributed by atoms with E-state index in [1.165, 1.54) is 4.31 Å². The highest BCUT2D eigenvalue weighted by Crippen LogP contribution is 2.27. The fraction of sp³-hybridized carbons (Fsp3) is 0.158. The van der Waals surface area contributed by atoms with Gasteiger partial charge >= 0.3 is 0 Å². The molecule has 0 unspecified atom stereocenters. The third-order valence-corrected chi connectivity index (χ3v) is 5.76. The Morgan fingerprint density at radius 3 is 2.04 bits per heavy atom. The molecule has 0 aliphatic heterocycles. The fourth-order valence-electron chi connectivity index (χ4n) is 2.73. The number of hydrogen-bond donors (Lipinski definition) is 0. The van der Waals surface area contributed by atoms with Crippen LogP contribution in [0.1, 0.15) is 13.8 Å². The number of anilines is 1. The van der Waals surface area contributed by atoms with Crippen molar-refractivity contribution < 1.29 is 8.42 Å². The van der Waals surface area contributed by atoms with Crippen molar-refractivity contribution in [2.24, 2.45) is 0 Å². The van der Waals surface area contributed by atoms with Crippen LogP contribution in [0.4, 0.5) is 5.69 Å². The van der Waals surface area contributed by atoms with E-state index in [1.807, 2.05) is 74.5 Å². The Morgan fingerprint density at radius 2 is 1.39 bits per heavy atom. The molecule has 0 spiro atoms. The van der Waals surface area contributed by atoms with Gasteiger partial charge in [-0.1, -0.05) is 48.5 Å². The van der Waals surface area contributed by atoms with Gasteiger partial charge in [0.2, 0.25) is 0 Å². The molecule has 0 heterocycles. The predicted octanol–water partition coefficient (Wildman–Crippen LogP) is 4.44. The van der Waals surface area contributed by atoms with Gasteiger partial charge in [-0.15, -0.1) is 0 Å². The maximum absolute atomic E-state index is 13.1. The van der Waals surface area contributed by atoms with Gasteiger partial charge in [0.15, 0.2) is 0 Å². The first-order valence-electron chi connectivity index (χ1n) is 7.58. The smallest absolute Gasteiger partial charge is 0.264 e. The predicted molar refractivity (Wildman–Crippen MR) is 95.2 cm³/mol. The van der Waals surface area contributed by atoms with Crippen LogP contribution in [-0.4, -0.2) is 14.5 Å². The topological polar surface area (TPSA) is 37.4 Å². The van der Waals surface area contributed by atoms with E-state index in [2.05, 4.69) is 0 Å². The maximum atomic E-state index is 13.1. The van der Waals surface area contributed by atoms with E-state index in [-0.39, 0.29) is 6.04 Å². The minimum absolute atomic E-state index is 0.172. The molecule has 0 atom stereocenters. The Labute approximate surface area is 137 Å². The molecule has 23 heavy (non-hydrogen) atoms. The molecule has 0 N–H and O–H groups in total. The lowest BCUT2D eigenvalue weighted by atomic mass is 10.1. The van der Waals surface area contributed by atoms with Crippen molar-refractivity contribution >= 4 is 26.5 Å². The van der Waals surface area contributed by atoms with E-state index in [9.17, 15) is 8.42 Å². The maximum Gasteiger partial charge on any atom is 0.264 e. The molecule has 3 nitrogen and oxygen atoms in total. The van der Waals surface area contributed by atoms with E-state index >= 15 is 0 Å². The molecule has 0 saturated heterocycles. The van der Waals surface area contributed by atoms with Gasteiger partial charge in [0.25, 0.3) is 10.0 Å². The van der Waals surface area contributed by atoms with Crippen molar-refractivity contribution in [2.75, 3.05) is 4.31 Å². The summed E-state index contributed by atoms with van der Waals surface area (Å²) in [5, 5.41) is 1.95. The van der Waals surface area contributed by atoms with Gasteiger partial charge in [-0.25, -0.2) is 8.42 Å². The Hall–Kier alpha value is -2.33. The first kappa shape index (κ1) is 15.6. The summed E-state index contributed by atoms with van der Waals surface area (Å²) in [4.78, 5) is 0.314. The molecular formula is C19H19NO2S. The number of fused-ring (bicyclic) bond motifs is 1. The summed E-state index contributed by atoms with van der Waals surface area (Å²) in [5.41, 5.74) is 0.677. The van der Waals surface area contributed by atoms with Crippen molar-refractivity contribution in [3.05, 3.63) is 72.8 Å². The summed E-state index contributed by atoms with van der Waals surface area (Å²) in [5.74, 6) is 0. The molecule has 3 rings (SSSR count). The van der Waals surface area contributed by atoms with Crippen LogP contribution >= 0.6 is 0 Å². The average molecular weight is 325 g/mol. The largest absolute Gasteiger partial charge is 0.264 e. The summed E-state index contributed by atoms with van der Waals surface area (Å²) in [6.07, 6.45) is 0. The van der Waals surface area contributed by atoms with Crippen molar-refractivity contribution in [3.63, 3.8) is 0 Å². The van der Waals surface area contributed by atoms with Crippen molar-refractivity contribution in [1.29, 1.82) is 0 Å². The van der Waals surface area contributed by atoms with Crippen molar-refractivity contribution in [2.45, 2.75) is 24.8 Å². The lowest BCUT2D eigenvalue weighted by molar-refractivity contribution is 0.584. The van der Waals surface area contributed by atoms with Gasteiger partial charge in [0.05, 0.1) is 10.6 Å². The summed E-state index contributed by atoms with van der Waals surface area (Å²) in [7, 11) is -3.61. The lowest BCUT2D eigenvalue weighted by Crippen LogP contribution is -2.36. The molecule has 0 saturated carbocycles. The Balaban J connectivity index is 2.13. The zero-order chi connectivity index (χ0) is 16.4. The molecule has 3 aromatic rings. The quantitative estimate of drug-likeness (QED) is 0.711. The van der Waals surface area contributed by atoms with E-state index in [4.69, 9.17) is 0 Å². The number of sulfonamides is 1. The van der Waals surface area contributed by atoms with E-state index < -0.39 is 10.0 Å². The highest BCUT2D eigenvalue weighted by molar-refractivity contribution is 7.92. The second-order valence-electron chi connectivity index (χ2n) is 5.74. The minimum atomic E-state index is -3.61. The molecule has 0 bridgehead atoms. The monoisotopic (exact) mass is 325 g/mol. The first-order chi connectivity index (χ1) is 11.0. The van der Waals surface area contributed by atoms with Crippen LogP contribution in [0.15, 0.2) is 77.7 Å². The molecule has 3 aromatic carbocycles. The molecule has 0 amide bonds. The van der Waals surface area contributed by atoms with Crippen LogP contribution in [0, 0.1) is 0 Å². The third kappa shape index (κ3) is 2.94. The minimum Gasteiger partial charge on any atom is -0.264 e. The van der Waals surface area contributed by atoms with Gasteiger partial charge in [-0.2, -0.15) is 0 Å². The zero-order valence-electron chi connectivity index (χ0n) is 13.2. The molecule has 4 heteroatoms. The lowest BCUT2D eigenvalue weighted by Gasteiger charge is -2.28. The molecule has 0 aliphatic carbocycles. The summed E-state index contributed by atoms with van der Waals surface area (Å²) in [6, 6.07) is 22.1. The second kappa shape index (κ2) is 6.05. The zero-order valence-corrected chi connectivity index (χ0v) is 14.0. The number of hydrogen-bond acceptors (Lipinski definition) is 2. The van der Waals surface area contributed by atoms with Crippen LogP contribution in [0.2, 0.25) is 0 Å². The summed E-state index contributed by atoms with van der Waals surface area (Å²) < 4.78 is 27.8. The van der Waals surface area contributed by atoms with Gasteiger partial charge in [0.1, 0.15) is 0 Å². The van der Waals surface area contributed by atoms with Crippen molar-refractivity contribution in [1.82, 2.24) is 0 Å². The second-order valence-corrected chi connectivity index (χ2v) is 7.55. The van der Waals surface area contributed by atoms with Gasteiger partial charge < -0.3 is 0 Å². The summed E-state index contributed by atoms with van der Waals surface area (Å²) in [6.45, 7) is 3.76. The van der Waals surface area contributed by atoms with Crippen LogP contribution in [0.25, 0.3) is 10.8 Å². The van der Waals surface area contributed by atoms with E-state index in [1.54, 1.807) is 12.1 Å². The number of nitrogens with zero attached hydrogens (tertiary/aromatic N) is 1. The summed E-state index contributed by atoms with van der Waals surface area (Å²) >= 11 is 0. The number of benzene rings is 3. The van der Waals surface area contributed by atoms with Gasteiger partial charge in [-0.05, 0) is 48.9 Å². The Morgan fingerprint density at radius 1 is 0.783 bits per heavy atom. The molecular weight excluding hydrogens is 306 g/mol. The SMILES string of the molecule is CC(C)N(c1ccccc1)S(=O)(=O)c1ccc2ccccc2c1. The van der Waals surface area contributed by atoms with Crippen LogP contribution in [0.5, 0.6) is 0 Å². The fourth-order valence-corrected chi connectivity index (χ4v) is 4.43. The highest BCUT2D eigenvalue weighted by atomic mass is 32.2. The molecule has 0 fully saturated rings. The van der Waals surface area contributed by atoms with Crippen LogP contribution < -0.4 is 4.31 Å². The molecule has 118 valence electrons. The Bertz CT molecular complexity index is 918. The average Bonchev–Trinajstić information content (AvgIpc) is 2.55. The van der Waals surface area contributed by atoms with E-state index in [0.717, 1.165) is 10.8 Å². The molecule has 0 aromatic heterocycles. The van der Waals surface area contributed by atoms with Gasteiger partial charge in [0, 0.05) is 6.04 Å². The van der Waals surface area contributed by atoms with Crippen LogP contribution in [-0.2, 0) is 10.0 Å². The first-order valence-corrected chi connectivity index (χ1v) is 9.02. The molecule has 0 radical (unpaired) electrons. The van der Waals surface area contributed by atoms with Crippen LogP contribution in [0.3, 0.4) is 0 Å². The van der Waals surface area contributed by atoms with Gasteiger partial charge in [-0.3, -0.25) is 4.31 Å². The van der Waals surface area contributed by atoms with E-state index in [0.29, 0.717) is 10.6 Å². The third-order valence-electron chi connectivity index (χ3n) is 3.76. The number of para-hydroxylation sites is 1. The normalized spacial score (nSPS) is 11.8. The number of rotatable bonds is 4.